The predicted octanol–water partition coefficient (Wildman–Crippen LogP) is 6.79. The summed E-state index contributed by atoms with van der Waals surface area (Å²) in [6, 6.07) is 11.1. The van der Waals surface area contributed by atoms with E-state index in [1.54, 1.807) is 17.4 Å². The first-order valence-corrected chi connectivity index (χ1v) is 8.66. The Morgan fingerprint density at radius 2 is 1.81 bits per heavy atom. The number of rotatable bonds is 2. The Labute approximate surface area is 140 Å². The van der Waals surface area contributed by atoms with Gasteiger partial charge in [-0.05, 0) is 60.2 Å². The van der Waals surface area contributed by atoms with Gasteiger partial charge in [-0.3, -0.25) is 0 Å². The van der Waals surface area contributed by atoms with E-state index in [-0.39, 0.29) is 10.6 Å². The zero-order chi connectivity index (χ0) is 15.1. The third-order valence-electron chi connectivity index (χ3n) is 3.64. The standard InChI is InChI=1S/C17H13BrClFS/c1-9-5-13(14(19)6-10(9)2)17(18)16-7-11-3-4-12(20)8-15(11)21-16/h3-8,17H,1-2H3. The first-order chi connectivity index (χ1) is 9.95. The van der Waals surface area contributed by atoms with Gasteiger partial charge in [0.25, 0.3) is 0 Å². The van der Waals surface area contributed by atoms with Crippen LogP contribution >= 0.6 is 38.9 Å². The average Bonchev–Trinajstić information content (AvgIpc) is 2.85. The van der Waals surface area contributed by atoms with Gasteiger partial charge in [0.15, 0.2) is 0 Å². The summed E-state index contributed by atoms with van der Waals surface area (Å²) >= 11 is 11.7. The zero-order valence-corrected chi connectivity index (χ0v) is 14.7. The quantitative estimate of drug-likeness (QED) is 0.427. The minimum absolute atomic E-state index is 0.0183. The molecule has 2 aromatic carbocycles. The van der Waals surface area contributed by atoms with Gasteiger partial charge in [0.1, 0.15) is 5.82 Å². The second-order valence-corrected chi connectivity index (χ2v) is 7.59. The molecule has 0 aliphatic rings. The molecule has 0 bridgehead atoms. The van der Waals surface area contributed by atoms with Gasteiger partial charge in [-0.15, -0.1) is 11.3 Å². The molecule has 0 aliphatic heterocycles. The Balaban J connectivity index is 2.07. The minimum Gasteiger partial charge on any atom is -0.207 e. The van der Waals surface area contributed by atoms with Gasteiger partial charge >= 0.3 is 0 Å². The summed E-state index contributed by atoms with van der Waals surface area (Å²) in [7, 11) is 0. The summed E-state index contributed by atoms with van der Waals surface area (Å²) in [5, 5.41) is 1.81. The lowest BCUT2D eigenvalue weighted by Crippen LogP contribution is -1.94. The molecule has 1 aromatic heterocycles. The number of aryl methyl sites for hydroxylation is 2. The molecule has 0 fully saturated rings. The van der Waals surface area contributed by atoms with Gasteiger partial charge < -0.3 is 0 Å². The summed E-state index contributed by atoms with van der Waals surface area (Å²) < 4.78 is 14.3. The SMILES string of the molecule is Cc1cc(Cl)c(C(Br)c2cc3ccc(F)cc3s2)cc1C. The topological polar surface area (TPSA) is 0 Å². The number of benzene rings is 2. The molecule has 0 N–H and O–H groups in total. The second-order valence-electron chi connectivity index (χ2n) is 5.15. The monoisotopic (exact) mass is 382 g/mol. The fourth-order valence-electron chi connectivity index (χ4n) is 2.30. The van der Waals surface area contributed by atoms with Gasteiger partial charge in [-0.2, -0.15) is 0 Å². The molecular weight excluding hydrogens is 371 g/mol. The van der Waals surface area contributed by atoms with Crippen LogP contribution in [-0.4, -0.2) is 0 Å². The summed E-state index contributed by atoms with van der Waals surface area (Å²) in [6.45, 7) is 4.13. The first-order valence-electron chi connectivity index (χ1n) is 6.55. The molecule has 108 valence electrons. The van der Waals surface area contributed by atoms with Gasteiger partial charge in [-0.25, -0.2) is 4.39 Å². The highest BCUT2D eigenvalue weighted by Gasteiger charge is 2.17. The predicted molar refractivity (Wildman–Crippen MR) is 93.5 cm³/mol. The van der Waals surface area contributed by atoms with E-state index in [1.165, 1.54) is 17.2 Å². The van der Waals surface area contributed by atoms with E-state index in [0.29, 0.717) is 0 Å². The molecule has 0 saturated heterocycles. The maximum absolute atomic E-state index is 13.3. The van der Waals surface area contributed by atoms with Crippen molar-refractivity contribution in [1.29, 1.82) is 0 Å². The first kappa shape index (κ1) is 15.0. The molecule has 3 aromatic rings. The van der Waals surface area contributed by atoms with Crippen molar-refractivity contribution in [3.8, 4) is 0 Å². The summed E-state index contributed by atoms with van der Waals surface area (Å²) in [4.78, 5) is 1.14. The Kier molecular flexibility index (Phi) is 4.08. The van der Waals surface area contributed by atoms with Crippen LogP contribution in [0, 0.1) is 19.7 Å². The zero-order valence-electron chi connectivity index (χ0n) is 11.6. The Morgan fingerprint density at radius 1 is 1.10 bits per heavy atom. The molecule has 0 saturated carbocycles. The van der Waals surface area contributed by atoms with Crippen LogP contribution in [0.2, 0.25) is 5.02 Å². The van der Waals surface area contributed by atoms with Crippen LogP contribution in [0.5, 0.6) is 0 Å². The number of hydrogen-bond donors (Lipinski definition) is 0. The van der Waals surface area contributed by atoms with Gasteiger partial charge in [0.2, 0.25) is 0 Å². The van der Waals surface area contributed by atoms with E-state index in [2.05, 4.69) is 41.9 Å². The molecule has 0 aliphatic carbocycles. The van der Waals surface area contributed by atoms with Crippen molar-refractivity contribution in [2.45, 2.75) is 18.7 Å². The number of halogens is 3. The van der Waals surface area contributed by atoms with Crippen molar-refractivity contribution in [2.24, 2.45) is 0 Å². The van der Waals surface area contributed by atoms with Gasteiger partial charge in [0, 0.05) is 14.6 Å². The van der Waals surface area contributed by atoms with Crippen molar-refractivity contribution < 1.29 is 4.39 Å². The summed E-state index contributed by atoms with van der Waals surface area (Å²) in [5.74, 6) is -0.203. The highest BCUT2D eigenvalue weighted by atomic mass is 79.9. The molecule has 0 radical (unpaired) electrons. The van der Waals surface area contributed by atoms with Crippen LogP contribution in [0.25, 0.3) is 10.1 Å². The van der Waals surface area contributed by atoms with Crippen molar-refractivity contribution in [2.75, 3.05) is 0 Å². The molecule has 1 atom stereocenters. The molecule has 0 amide bonds. The van der Waals surface area contributed by atoms with Crippen LogP contribution in [-0.2, 0) is 0 Å². The molecule has 4 heteroatoms. The van der Waals surface area contributed by atoms with Gasteiger partial charge in [-0.1, -0.05) is 39.7 Å². The fourth-order valence-corrected chi connectivity index (χ4v) is 4.64. The molecular formula is C17H13BrClFS. The summed E-state index contributed by atoms with van der Waals surface area (Å²) in [5.41, 5.74) is 3.44. The van der Waals surface area contributed by atoms with Crippen molar-refractivity contribution in [3.05, 3.63) is 68.8 Å². The maximum atomic E-state index is 13.3. The van der Waals surface area contributed by atoms with E-state index >= 15 is 0 Å². The normalized spacial score (nSPS) is 12.8. The molecule has 1 heterocycles. The van der Waals surface area contributed by atoms with E-state index in [0.717, 1.165) is 25.5 Å². The number of fused-ring (bicyclic) bond motifs is 1. The second kappa shape index (κ2) is 5.71. The van der Waals surface area contributed by atoms with E-state index in [9.17, 15) is 4.39 Å². The third-order valence-corrected chi connectivity index (χ3v) is 6.42. The summed E-state index contributed by atoms with van der Waals surface area (Å²) in [6.07, 6.45) is 0. The van der Waals surface area contributed by atoms with Crippen LogP contribution in [0.4, 0.5) is 4.39 Å². The lowest BCUT2D eigenvalue weighted by atomic mass is 10.0. The number of hydrogen-bond acceptors (Lipinski definition) is 1. The van der Waals surface area contributed by atoms with Crippen LogP contribution in [0.3, 0.4) is 0 Å². The maximum Gasteiger partial charge on any atom is 0.124 e. The lowest BCUT2D eigenvalue weighted by Gasteiger charge is -2.13. The minimum atomic E-state index is -0.203. The van der Waals surface area contributed by atoms with Crippen LogP contribution in [0.1, 0.15) is 26.4 Å². The Morgan fingerprint density at radius 3 is 2.57 bits per heavy atom. The number of alkyl halides is 1. The fraction of sp³-hybridized carbons (Fsp3) is 0.176. The van der Waals surface area contributed by atoms with Gasteiger partial charge in [0.05, 0.1) is 4.83 Å². The third kappa shape index (κ3) is 2.87. The van der Waals surface area contributed by atoms with Crippen LogP contribution in [0.15, 0.2) is 36.4 Å². The molecule has 3 rings (SSSR count). The highest BCUT2D eigenvalue weighted by molar-refractivity contribution is 9.09. The largest absolute Gasteiger partial charge is 0.207 e. The van der Waals surface area contributed by atoms with Crippen molar-refractivity contribution >= 4 is 49.0 Å². The highest BCUT2D eigenvalue weighted by Crippen LogP contribution is 2.41. The van der Waals surface area contributed by atoms with Crippen LogP contribution < -0.4 is 0 Å². The van der Waals surface area contributed by atoms with Crippen molar-refractivity contribution in [1.82, 2.24) is 0 Å². The van der Waals surface area contributed by atoms with E-state index in [1.807, 2.05) is 12.1 Å². The van der Waals surface area contributed by atoms with E-state index in [4.69, 9.17) is 11.6 Å². The smallest absolute Gasteiger partial charge is 0.124 e. The molecule has 0 nitrogen and oxygen atoms in total. The lowest BCUT2D eigenvalue weighted by molar-refractivity contribution is 0.630. The Bertz CT molecular complexity index is 825. The molecule has 21 heavy (non-hydrogen) atoms. The van der Waals surface area contributed by atoms with E-state index < -0.39 is 0 Å². The number of thiophene rings is 1. The average molecular weight is 384 g/mol. The molecule has 0 spiro atoms. The Hall–Kier alpha value is -0.900. The molecule has 1 unspecified atom stereocenters. The van der Waals surface area contributed by atoms with Crippen molar-refractivity contribution in [3.63, 3.8) is 0 Å².